The zero-order chi connectivity index (χ0) is 11.9. The van der Waals surface area contributed by atoms with E-state index in [2.05, 4.69) is 30.4 Å². The van der Waals surface area contributed by atoms with E-state index in [1.165, 1.54) is 36.8 Å². The fourth-order valence-electron chi connectivity index (χ4n) is 3.57. The Labute approximate surface area is 103 Å². The molecule has 0 radical (unpaired) electrons. The van der Waals surface area contributed by atoms with E-state index >= 15 is 0 Å². The van der Waals surface area contributed by atoms with Crippen LogP contribution in [0, 0.1) is 6.92 Å². The lowest BCUT2D eigenvalue weighted by Crippen LogP contribution is -2.34. The Hall–Kier alpha value is -0.860. The van der Waals surface area contributed by atoms with Crippen LogP contribution in [0.2, 0.25) is 0 Å². The molecular formula is C15H21NO. The summed E-state index contributed by atoms with van der Waals surface area (Å²) in [5.41, 5.74) is 4.16. The average Bonchev–Trinajstić information content (AvgIpc) is 2.73. The first-order chi connectivity index (χ1) is 8.21. The summed E-state index contributed by atoms with van der Waals surface area (Å²) in [4.78, 5) is 0. The van der Waals surface area contributed by atoms with Gasteiger partial charge in [-0.2, -0.15) is 0 Å². The Kier molecular flexibility index (Phi) is 2.72. The Morgan fingerprint density at radius 3 is 2.82 bits per heavy atom. The predicted octanol–water partition coefficient (Wildman–Crippen LogP) is 2.44. The zero-order valence-electron chi connectivity index (χ0n) is 10.5. The van der Waals surface area contributed by atoms with E-state index in [-0.39, 0.29) is 6.10 Å². The van der Waals surface area contributed by atoms with Crippen LogP contribution in [0.4, 0.5) is 0 Å². The van der Waals surface area contributed by atoms with Gasteiger partial charge in [-0.25, -0.2) is 0 Å². The van der Waals surface area contributed by atoms with Gasteiger partial charge in [0.1, 0.15) is 0 Å². The molecule has 17 heavy (non-hydrogen) atoms. The normalized spacial score (nSPS) is 26.8. The third-order valence-electron chi connectivity index (χ3n) is 4.50. The van der Waals surface area contributed by atoms with Crippen molar-refractivity contribution in [2.24, 2.45) is 0 Å². The molecule has 2 N–H and O–H groups in total. The first-order valence-electron chi connectivity index (χ1n) is 6.71. The first-order valence-corrected chi connectivity index (χ1v) is 6.71. The average molecular weight is 231 g/mol. The van der Waals surface area contributed by atoms with Crippen molar-refractivity contribution in [3.8, 4) is 0 Å². The summed E-state index contributed by atoms with van der Waals surface area (Å²) in [6.07, 6.45) is 4.84. The molecule has 2 heteroatoms. The summed E-state index contributed by atoms with van der Waals surface area (Å²) in [5, 5.41) is 13.7. The van der Waals surface area contributed by atoms with Crippen LogP contribution >= 0.6 is 0 Å². The lowest BCUT2D eigenvalue weighted by molar-refractivity contribution is 0.177. The first kappa shape index (κ1) is 11.2. The van der Waals surface area contributed by atoms with Crippen LogP contribution in [0.25, 0.3) is 0 Å². The van der Waals surface area contributed by atoms with E-state index < -0.39 is 0 Å². The van der Waals surface area contributed by atoms with Gasteiger partial charge in [-0.3, -0.25) is 0 Å². The lowest BCUT2D eigenvalue weighted by Gasteiger charge is -2.30. The molecule has 1 aromatic carbocycles. The maximum Gasteiger partial charge on any atom is 0.0917 e. The summed E-state index contributed by atoms with van der Waals surface area (Å²) in [5.74, 6) is 0. The van der Waals surface area contributed by atoms with Crippen molar-refractivity contribution < 1.29 is 5.11 Å². The fourth-order valence-corrected chi connectivity index (χ4v) is 3.57. The summed E-state index contributed by atoms with van der Waals surface area (Å²) in [6, 6.07) is 6.55. The molecule has 1 fully saturated rings. The van der Waals surface area contributed by atoms with Gasteiger partial charge in [0.2, 0.25) is 0 Å². The number of fused-ring (bicyclic) bond motifs is 2. The number of β-amino-alcohol motifs (C(OH)–C–C–N with tert-alkyl or cyclic N) is 1. The maximum absolute atomic E-state index is 10.2. The number of aliphatic hydroxyl groups is 1. The third kappa shape index (κ3) is 1.80. The van der Waals surface area contributed by atoms with Crippen LogP contribution in [0.5, 0.6) is 0 Å². The van der Waals surface area contributed by atoms with Crippen molar-refractivity contribution >= 4 is 0 Å². The van der Waals surface area contributed by atoms with Gasteiger partial charge in [0.15, 0.2) is 0 Å². The Morgan fingerprint density at radius 2 is 2.06 bits per heavy atom. The summed E-state index contributed by atoms with van der Waals surface area (Å²) >= 11 is 0. The fraction of sp³-hybridized carbons (Fsp3) is 0.600. The number of hydrogen-bond acceptors (Lipinski definition) is 2. The van der Waals surface area contributed by atoms with E-state index in [1.807, 2.05) is 0 Å². The second-order valence-corrected chi connectivity index (χ2v) is 5.72. The standard InChI is InChI=1S/C15H21NO/c1-11-4-5-12-13(8-11)15(6-2-3-7-15)10-16-9-14(12)17/h4-5,8,14,16-17H,2-3,6-7,9-10H2,1H3. The Balaban J connectivity index is 2.14. The molecule has 2 nitrogen and oxygen atoms in total. The quantitative estimate of drug-likeness (QED) is 0.719. The van der Waals surface area contributed by atoms with Crippen molar-refractivity contribution in [2.45, 2.75) is 44.1 Å². The SMILES string of the molecule is Cc1ccc2c(c1)C1(CCCC1)CNCC2O. The number of benzene rings is 1. The second-order valence-electron chi connectivity index (χ2n) is 5.72. The largest absolute Gasteiger partial charge is 0.387 e. The highest BCUT2D eigenvalue weighted by molar-refractivity contribution is 5.41. The van der Waals surface area contributed by atoms with Gasteiger partial charge in [-0.1, -0.05) is 36.6 Å². The van der Waals surface area contributed by atoms with Gasteiger partial charge in [0, 0.05) is 18.5 Å². The number of rotatable bonds is 0. The Bertz CT molecular complexity index is 421. The topological polar surface area (TPSA) is 32.3 Å². The van der Waals surface area contributed by atoms with Crippen molar-refractivity contribution in [1.82, 2.24) is 5.32 Å². The van der Waals surface area contributed by atoms with Crippen LogP contribution in [0.3, 0.4) is 0 Å². The van der Waals surface area contributed by atoms with Gasteiger partial charge in [-0.05, 0) is 30.9 Å². The number of aliphatic hydroxyl groups excluding tert-OH is 1. The highest BCUT2D eigenvalue weighted by atomic mass is 16.3. The minimum absolute atomic E-state index is 0.291. The van der Waals surface area contributed by atoms with Gasteiger partial charge in [-0.15, -0.1) is 0 Å². The zero-order valence-corrected chi connectivity index (χ0v) is 10.5. The van der Waals surface area contributed by atoms with Gasteiger partial charge in [0.05, 0.1) is 6.10 Å². The molecule has 1 spiro atoms. The molecule has 0 saturated heterocycles. The molecule has 92 valence electrons. The van der Waals surface area contributed by atoms with Gasteiger partial charge < -0.3 is 10.4 Å². The van der Waals surface area contributed by atoms with Crippen molar-refractivity contribution in [1.29, 1.82) is 0 Å². The molecule has 1 heterocycles. The van der Waals surface area contributed by atoms with E-state index in [1.54, 1.807) is 0 Å². The van der Waals surface area contributed by atoms with Crippen LogP contribution < -0.4 is 5.32 Å². The molecular weight excluding hydrogens is 210 g/mol. The number of nitrogens with one attached hydrogen (secondary N) is 1. The van der Waals surface area contributed by atoms with Crippen molar-refractivity contribution in [2.75, 3.05) is 13.1 Å². The minimum atomic E-state index is -0.342. The lowest BCUT2D eigenvalue weighted by atomic mass is 9.76. The summed E-state index contributed by atoms with van der Waals surface area (Å²) in [6.45, 7) is 3.87. The van der Waals surface area contributed by atoms with Crippen LogP contribution in [-0.2, 0) is 5.41 Å². The van der Waals surface area contributed by atoms with E-state index in [0.29, 0.717) is 12.0 Å². The molecule has 0 amide bonds. The third-order valence-corrected chi connectivity index (χ3v) is 4.50. The molecule has 0 bridgehead atoms. The number of aryl methyl sites for hydroxylation is 1. The molecule has 3 rings (SSSR count). The van der Waals surface area contributed by atoms with E-state index in [4.69, 9.17) is 0 Å². The van der Waals surface area contributed by atoms with Gasteiger partial charge in [0.25, 0.3) is 0 Å². The molecule has 1 saturated carbocycles. The van der Waals surface area contributed by atoms with Crippen LogP contribution in [-0.4, -0.2) is 18.2 Å². The smallest absolute Gasteiger partial charge is 0.0917 e. The van der Waals surface area contributed by atoms with Crippen LogP contribution in [0.1, 0.15) is 48.5 Å². The minimum Gasteiger partial charge on any atom is -0.387 e. The van der Waals surface area contributed by atoms with E-state index in [9.17, 15) is 5.11 Å². The highest BCUT2D eigenvalue weighted by Crippen LogP contribution is 2.44. The molecule has 1 aliphatic heterocycles. The van der Waals surface area contributed by atoms with E-state index in [0.717, 1.165) is 12.1 Å². The molecule has 0 aromatic heterocycles. The van der Waals surface area contributed by atoms with Crippen molar-refractivity contribution in [3.63, 3.8) is 0 Å². The number of hydrogen-bond donors (Lipinski definition) is 2. The predicted molar refractivity (Wildman–Crippen MR) is 69.2 cm³/mol. The monoisotopic (exact) mass is 231 g/mol. The summed E-state index contributed by atoms with van der Waals surface area (Å²) < 4.78 is 0. The van der Waals surface area contributed by atoms with Gasteiger partial charge >= 0.3 is 0 Å². The Morgan fingerprint density at radius 1 is 1.29 bits per heavy atom. The van der Waals surface area contributed by atoms with Crippen LogP contribution in [0.15, 0.2) is 18.2 Å². The van der Waals surface area contributed by atoms with Crippen molar-refractivity contribution in [3.05, 3.63) is 34.9 Å². The molecule has 1 aliphatic carbocycles. The molecule has 1 aromatic rings. The summed E-state index contributed by atoms with van der Waals surface area (Å²) in [7, 11) is 0. The molecule has 1 atom stereocenters. The second kappa shape index (κ2) is 4.11. The molecule has 1 unspecified atom stereocenters. The molecule has 2 aliphatic rings. The highest BCUT2D eigenvalue weighted by Gasteiger charge is 2.39. The maximum atomic E-state index is 10.2.